The molecule has 1 aliphatic heterocycles. The molecular formula is C20H19ClFNO3. The Morgan fingerprint density at radius 1 is 1.23 bits per heavy atom. The Hall–Kier alpha value is -2.40. The molecule has 0 N–H and O–H groups in total. The van der Waals surface area contributed by atoms with Crippen LogP contribution in [0.1, 0.15) is 24.5 Å². The minimum atomic E-state index is -0.959. The molecule has 0 radical (unpaired) electrons. The number of rotatable bonds is 4. The van der Waals surface area contributed by atoms with Crippen molar-refractivity contribution in [1.82, 2.24) is 0 Å². The van der Waals surface area contributed by atoms with Gasteiger partial charge in [-0.25, -0.2) is 4.39 Å². The summed E-state index contributed by atoms with van der Waals surface area (Å²) in [5.41, 5.74) is 2.02. The Kier molecular flexibility index (Phi) is 5.57. The maximum Gasteiger partial charge on any atom is 0.311 e. The molecule has 0 aromatic heterocycles. The van der Waals surface area contributed by atoms with Gasteiger partial charge in [0.1, 0.15) is 5.82 Å². The summed E-state index contributed by atoms with van der Waals surface area (Å²) in [6.45, 7) is 2.11. The van der Waals surface area contributed by atoms with Gasteiger partial charge in [0.2, 0.25) is 0 Å². The van der Waals surface area contributed by atoms with Gasteiger partial charge in [0, 0.05) is 22.8 Å². The van der Waals surface area contributed by atoms with E-state index < -0.39 is 17.9 Å². The van der Waals surface area contributed by atoms with E-state index in [1.807, 2.05) is 24.3 Å². The average molecular weight is 376 g/mol. The largest absolute Gasteiger partial charge is 0.452 e. The van der Waals surface area contributed by atoms with Gasteiger partial charge in [-0.3, -0.25) is 9.59 Å². The van der Waals surface area contributed by atoms with E-state index in [1.54, 1.807) is 4.90 Å². The average Bonchev–Trinajstić information content (AvgIpc) is 2.63. The summed E-state index contributed by atoms with van der Waals surface area (Å²) in [4.78, 5) is 26.5. The Morgan fingerprint density at radius 2 is 2.00 bits per heavy atom. The molecule has 1 amide bonds. The molecule has 1 atom stereocenters. The molecule has 0 saturated carbocycles. The van der Waals surface area contributed by atoms with Crippen LogP contribution in [0.3, 0.4) is 0 Å². The van der Waals surface area contributed by atoms with Gasteiger partial charge in [-0.2, -0.15) is 0 Å². The molecule has 4 nitrogen and oxygen atoms in total. The molecule has 26 heavy (non-hydrogen) atoms. The summed E-state index contributed by atoms with van der Waals surface area (Å²) in [7, 11) is 0. The molecule has 1 unspecified atom stereocenters. The SMILES string of the molecule is CC(OC(=O)Cc1c(F)cccc1Cl)C(=O)N1CCCc2ccccc21. The second-order valence-corrected chi connectivity index (χ2v) is 6.64. The number of ether oxygens (including phenoxy) is 1. The summed E-state index contributed by atoms with van der Waals surface area (Å²) in [5, 5.41) is 0.158. The second kappa shape index (κ2) is 7.87. The van der Waals surface area contributed by atoms with Crippen molar-refractivity contribution < 1.29 is 18.7 Å². The van der Waals surface area contributed by atoms with E-state index in [2.05, 4.69) is 0 Å². The Labute approximate surface area is 156 Å². The van der Waals surface area contributed by atoms with Crippen molar-refractivity contribution in [2.75, 3.05) is 11.4 Å². The van der Waals surface area contributed by atoms with Gasteiger partial charge in [-0.1, -0.05) is 35.9 Å². The predicted octanol–water partition coefficient (Wildman–Crippen LogP) is 3.93. The summed E-state index contributed by atoms with van der Waals surface area (Å²) in [6, 6.07) is 11.9. The lowest BCUT2D eigenvalue weighted by atomic mass is 10.0. The first kappa shape index (κ1) is 18.4. The van der Waals surface area contributed by atoms with Crippen LogP contribution in [0.25, 0.3) is 0 Å². The molecule has 2 aromatic rings. The molecule has 2 aromatic carbocycles. The maximum absolute atomic E-state index is 13.8. The lowest BCUT2D eigenvalue weighted by molar-refractivity contribution is -0.153. The normalized spacial score (nSPS) is 14.5. The number of hydrogen-bond acceptors (Lipinski definition) is 3. The number of carbonyl (C=O) groups excluding carboxylic acids is 2. The molecule has 136 valence electrons. The summed E-state index contributed by atoms with van der Waals surface area (Å²) < 4.78 is 19.0. The molecule has 1 heterocycles. The van der Waals surface area contributed by atoms with Crippen molar-refractivity contribution in [2.24, 2.45) is 0 Å². The fraction of sp³-hybridized carbons (Fsp3) is 0.300. The first-order chi connectivity index (χ1) is 12.5. The van der Waals surface area contributed by atoms with Gasteiger partial charge in [0.05, 0.1) is 6.42 Å². The van der Waals surface area contributed by atoms with Gasteiger partial charge < -0.3 is 9.64 Å². The van der Waals surface area contributed by atoms with Crippen molar-refractivity contribution in [3.8, 4) is 0 Å². The van der Waals surface area contributed by atoms with E-state index in [1.165, 1.54) is 25.1 Å². The van der Waals surface area contributed by atoms with Gasteiger partial charge in [0.15, 0.2) is 6.10 Å². The highest BCUT2D eigenvalue weighted by molar-refractivity contribution is 6.31. The van der Waals surface area contributed by atoms with E-state index in [4.69, 9.17) is 16.3 Å². The van der Waals surface area contributed by atoms with Crippen LogP contribution in [-0.4, -0.2) is 24.5 Å². The number of carbonyl (C=O) groups is 2. The quantitative estimate of drug-likeness (QED) is 0.760. The lowest BCUT2D eigenvalue weighted by Crippen LogP contribution is -2.43. The van der Waals surface area contributed by atoms with Gasteiger partial charge in [-0.15, -0.1) is 0 Å². The van der Waals surface area contributed by atoms with Crippen LogP contribution < -0.4 is 4.90 Å². The molecular weight excluding hydrogens is 357 g/mol. The highest BCUT2D eigenvalue weighted by atomic mass is 35.5. The number of para-hydroxylation sites is 1. The zero-order valence-electron chi connectivity index (χ0n) is 14.4. The number of esters is 1. The first-order valence-corrected chi connectivity index (χ1v) is 8.87. The molecule has 0 spiro atoms. The predicted molar refractivity (Wildman–Crippen MR) is 97.8 cm³/mol. The second-order valence-electron chi connectivity index (χ2n) is 6.23. The minimum Gasteiger partial charge on any atom is -0.452 e. The highest BCUT2D eigenvalue weighted by Gasteiger charge is 2.28. The van der Waals surface area contributed by atoms with Gasteiger partial charge >= 0.3 is 5.97 Å². The van der Waals surface area contributed by atoms with Crippen molar-refractivity contribution in [3.63, 3.8) is 0 Å². The third-order valence-corrected chi connectivity index (χ3v) is 4.77. The molecule has 0 fully saturated rings. The number of benzene rings is 2. The molecule has 0 aliphatic carbocycles. The zero-order valence-corrected chi connectivity index (χ0v) is 15.1. The lowest BCUT2D eigenvalue weighted by Gasteiger charge is -2.31. The Bertz CT molecular complexity index is 819. The maximum atomic E-state index is 13.8. The fourth-order valence-electron chi connectivity index (χ4n) is 3.12. The molecule has 0 bridgehead atoms. The topological polar surface area (TPSA) is 46.6 Å². The monoisotopic (exact) mass is 375 g/mol. The molecule has 6 heteroatoms. The van der Waals surface area contributed by atoms with E-state index >= 15 is 0 Å². The van der Waals surface area contributed by atoms with Crippen molar-refractivity contribution >= 4 is 29.2 Å². The number of fused-ring (bicyclic) bond motifs is 1. The van der Waals surface area contributed by atoms with E-state index in [0.29, 0.717) is 6.54 Å². The van der Waals surface area contributed by atoms with Crippen LogP contribution in [0, 0.1) is 5.82 Å². The number of aryl methyl sites for hydroxylation is 1. The third-order valence-electron chi connectivity index (χ3n) is 4.42. The van der Waals surface area contributed by atoms with Crippen LogP contribution in [0.5, 0.6) is 0 Å². The van der Waals surface area contributed by atoms with Crippen LogP contribution in [0.15, 0.2) is 42.5 Å². The molecule has 0 saturated heterocycles. The first-order valence-electron chi connectivity index (χ1n) is 8.49. The van der Waals surface area contributed by atoms with Crippen molar-refractivity contribution in [3.05, 3.63) is 64.4 Å². The van der Waals surface area contributed by atoms with Crippen LogP contribution in [0.2, 0.25) is 5.02 Å². The highest BCUT2D eigenvalue weighted by Crippen LogP contribution is 2.27. The van der Waals surface area contributed by atoms with Gasteiger partial charge in [-0.05, 0) is 43.5 Å². The van der Waals surface area contributed by atoms with Gasteiger partial charge in [0.25, 0.3) is 5.91 Å². The number of anilines is 1. The Morgan fingerprint density at radius 3 is 2.77 bits per heavy atom. The molecule has 1 aliphatic rings. The minimum absolute atomic E-state index is 0.0714. The van der Waals surface area contributed by atoms with Crippen molar-refractivity contribution in [2.45, 2.75) is 32.3 Å². The van der Waals surface area contributed by atoms with E-state index in [-0.39, 0.29) is 22.9 Å². The van der Waals surface area contributed by atoms with Crippen molar-refractivity contribution in [1.29, 1.82) is 0 Å². The summed E-state index contributed by atoms with van der Waals surface area (Å²) >= 11 is 5.93. The number of nitrogens with zero attached hydrogens (tertiary/aromatic N) is 1. The summed E-state index contributed by atoms with van der Waals surface area (Å²) in [6.07, 6.45) is 0.493. The number of amides is 1. The van der Waals surface area contributed by atoms with Crippen LogP contribution in [0.4, 0.5) is 10.1 Å². The van der Waals surface area contributed by atoms with E-state index in [0.717, 1.165) is 24.1 Å². The third kappa shape index (κ3) is 3.88. The number of hydrogen-bond donors (Lipinski definition) is 0. The zero-order chi connectivity index (χ0) is 18.7. The van der Waals surface area contributed by atoms with E-state index in [9.17, 15) is 14.0 Å². The standard InChI is InChI=1S/C20H19ClFNO3/c1-13(26-19(24)12-15-16(21)8-4-9-17(15)22)20(25)23-11-5-7-14-6-2-3-10-18(14)23/h2-4,6,8-10,13H,5,7,11-12H2,1H3. The smallest absolute Gasteiger partial charge is 0.311 e. The van der Waals surface area contributed by atoms with Crippen LogP contribution >= 0.6 is 11.6 Å². The summed E-state index contributed by atoms with van der Waals surface area (Å²) in [5.74, 6) is -1.55. The fourth-order valence-corrected chi connectivity index (χ4v) is 3.35. The Balaban J connectivity index is 1.67. The van der Waals surface area contributed by atoms with Crippen LogP contribution in [-0.2, 0) is 27.2 Å². The number of halogens is 2. The molecule has 3 rings (SSSR count).